The SMILES string of the molecule is CCCC12OCC(CC)(CO1)CO2. The second kappa shape index (κ2) is 3.23. The molecule has 0 atom stereocenters. The summed E-state index contributed by atoms with van der Waals surface area (Å²) in [5.41, 5.74) is 0.134. The lowest BCUT2D eigenvalue weighted by Crippen LogP contribution is -2.59. The van der Waals surface area contributed by atoms with E-state index in [1.807, 2.05) is 0 Å². The topological polar surface area (TPSA) is 27.7 Å². The zero-order valence-electron chi connectivity index (χ0n) is 8.47. The molecule has 0 radical (unpaired) electrons. The van der Waals surface area contributed by atoms with Crippen molar-refractivity contribution in [3.63, 3.8) is 0 Å². The number of ether oxygens (including phenoxy) is 3. The van der Waals surface area contributed by atoms with Gasteiger partial charge < -0.3 is 14.2 Å². The van der Waals surface area contributed by atoms with Crippen LogP contribution in [0, 0.1) is 5.41 Å². The molecular formula is C10H18O3. The van der Waals surface area contributed by atoms with Gasteiger partial charge in [0, 0.05) is 11.8 Å². The van der Waals surface area contributed by atoms with E-state index < -0.39 is 5.97 Å². The first-order valence-electron chi connectivity index (χ1n) is 5.16. The molecule has 0 aliphatic carbocycles. The Kier molecular flexibility index (Phi) is 2.34. The second-order valence-electron chi connectivity index (χ2n) is 4.15. The van der Waals surface area contributed by atoms with Crippen LogP contribution < -0.4 is 0 Å². The molecule has 3 heterocycles. The smallest absolute Gasteiger partial charge is 0.282 e. The van der Waals surface area contributed by atoms with Gasteiger partial charge in [0.25, 0.3) is 5.97 Å². The molecule has 0 N–H and O–H groups in total. The van der Waals surface area contributed by atoms with Gasteiger partial charge in [-0.3, -0.25) is 0 Å². The fourth-order valence-corrected chi connectivity index (χ4v) is 1.87. The number of hydrogen-bond acceptors (Lipinski definition) is 3. The summed E-state index contributed by atoms with van der Waals surface area (Å²) in [4.78, 5) is 0. The summed E-state index contributed by atoms with van der Waals surface area (Å²) in [6.45, 7) is 6.66. The van der Waals surface area contributed by atoms with Crippen molar-refractivity contribution in [3.8, 4) is 0 Å². The zero-order chi connectivity index (χ0) is 9.36. The number of fused-ring (bicyclic) bond motifs is 3. The van der Waals surface area contributed by atoms with Gasteiger partial charge in [0.1, 0.15) is 0 Å². The van der Waals surface area contributed by atoms with E-state index in [-0.39, 0.29) is 5.41 Å². The Morgan fingerprint density at radius 1 is 1.00 bits per heavy atom. The molecular weight excluding hydrogens is 168 g/mol. The Hall–Kier alpha value is -0.120. The Bertz CT molecular complexity index is 166. The van der Waals surface area contributed by atoms with Gasteiger partial charge in [-0.1, -0.05) is 13.8 Å². The van der Waals surface area contributed by atoms with Crippen LogP contribution in [-0.4, -0.2) is 25.8 Å². The first-order chi connectivity index (χ1) is 6.24. The maximum atomic E-state index is 5.65. The summed E-state index contributed by atoms with van der Waals surface area (Å²) in [7, 11) is 0. The molecule has 3 aliphatic heterocycles. The highest BCUT2D eigenvalue weighted by Crippen LogP contribution is 2.42. The minimum Gasteiger partial charge on any atom is -0.327 e. The van der Waals surface area contributed by atoms with Gasteiger partial charge in [0.05, 0.1) is 19.8 Å². The Morgan fingerprint density at radius 2 is 1.54 bits per heavy atom. The molecule has 3 fully saturated rings. The van der Waals surface area contributed by atoms with Crippen molar-refractivity contribution in [1.29, 1.82) is 0 Å². The molecule has 2 bridgehead atoms. The number of hydrogen-bond donors (Lipinski definition) is 0. The lowest BCUT2D eigenvalue weighted by molar-refractivity contribution is -0.470. The summed E-state index contributed by atoms with van der Waals surface area (Å²) >= 11 is 0. The highest BCUT2D eigenvalue weighted by Gasteiger charge is 2.50. The van der Waals surface area contributed by atoms with Gasteiger partial charge in [-0.25, -0.2) is 0 Å². The van der Waals surface area contributed by atoms with Gasteiger partial charge in [0.2, 0.25) is 0 Å². The van der Waals surface area contributed by atoms with Crippen LogP contribution in [0.4, 0.5) is 0 Å². The molecule has 0 aromatic carbocycles. The van der Waals surface area contributed by atoms with E-state index in [0.717, 1.165) is 39.1 Å². The van der Waals surface area contributed by atoms with Gasteiger partial charge in [-0.2, -0.15) is 0 Å². The number of rotatable bonds is 3. The molecule has 0 aromatic rings. The quantitative estimate of drug-likeness (QED) is 0.674. The Balaban J connectivity index is 2.03. The Labute approximate surface area is 79.4 Å². The van der Waals surface area contributed by atoms with Crippen molar-refractivity contribution >= 4 is 0 Å². The molecule has 0 aromatic heterocycles. The van der Waals surface area contributed by atoms with Crippen LogP contribution in [0.1, 0.15) is 33.1 Å². The van der Waals surface area contributed by atoms with Crippen LogP contribution in [0.15, 0.2) is 0 Å². The van der Waals surface area contributed by atoms with E-state index in [1.54, 1.807) is 0 Å². The lowest BCUT2D eigenvalue weighted by atomic mass is 9.86. The summed E-state index contributed by atoms with van der Waals surface area (Å²) in [5.74, 6) is -0.689. The van der Waals surface area contributed by atoms with Gasteiger partial charge in [-0.15, -0.1) is 0 Å². The van der Waals surface area contributed by atoms with E-state index >= 15 is 0 Å². The van der Waals surface area contributed by atoms with E-state index in [0.29, 0.717) is 0 Å². The van der Waals surface area contributed by atoms with Gasteiger partial charge >= 0.3 is 0 Å². The molecule has 3 rings (SSSR count). The largest absolute Gasteiger partial charge is 0.327 e. The van der Waals surface area contributed by atoms with Crippen molar-refractivity contribution < 1.29 is 14.2 Å². The lowest BCUT2D eigenvalue weighted by Gasteiger charge is -2.51. The van der Waals surface area contributed by atoms with Gasteiger partial charge in [0.15, 0.2) is 0 Å². The van der Waals surface area contributed by atoms with E-state index in [9.17, 15) is 0 Å². The predicted octanol–water partition coefficient (Wildman–Crippen LogP) is 1.91. The van der Waals surface area contributed by atoms with Crippen LogP contribution in [0.25, 0.3) is 0 Å². The third kappa shape index (κ3) is 1.49. The van der Waals surface area contributed by atoms with Crippen molar-refractivity contribution in [2.45, 2.75) is 39.1 Å². The summed E-state index contributed by atoms with van der Waals surface area (Å²) < 4.78 is 17.0. The van der Waals surface area contributed by atoms with E-state index in [1.165, 1.54) is 0 Å². The summed E-state index contributed by atoms with van der Waals surface area (Å²) in [5, 5.41) is 0. The molecule has 3 saturated heterocycles. The molecule has 0 saturated carbocycles. The van der Waals surface area contributed by atoms with Crippen molar-refractivity contribution in [2.75, 3.05) is 19.8 Å². The summed E-state index contributed by atoms with van der Waals surface area (Å²) in [6.07, 6.45) is 2.93. The monoisotopic (exact) mass is 186 g/mol. The minimum atomic E-state index is -0.689. The first-order valence-corrected chi connectivity index (χ1v) is 5.16. The average molecular weight is 186 g/mol. The molecule has 3 nitrogen and oxygen atoms in total. The highest BCUT2D eigenvalue weighted by molar-refractivity contribution is 4.87. The Morgan fingerprint density at radius 3 is 1.92 bits per heavy atom. The molecule has 76 valence electrons. The van der Waals surface area contributed by atoms with Crippen molar-refractivity contribution in [3.05, 3.63) is 0 Å². The third-order valence-corrected chi connectivity index (χ3v) is 3.10. The van der Waals surface area contributed by atoms with E-state index in [2.05, 4.69) is 13.8 Å². The van der Waals surface area contributed by atoms with Crippen LogP contribution in [0.5, 0.6) is 0 Å². The summed E-state index contributed by atoms with van der Waals surface area (Å²) in [6, 6.07) is 0. The molecule has 0 amide bonds. The van der Waals surface area contributed by atoms with Crippen LogP contribution >= 0.6 is 0 Å². The van der Waals surface area contributed by atoms with Crippen LogP contribution in [0.2, 0.25) is 0 Å². The first kappa shape index (κ1) is 9.44. The molecule has 0 spiro atoms. The maximum Gasteiger partial charge on any atom is 0.282 e. The minimum absolute atomic E-state index is 0.134. The van der Waals surface area contributed by atoms with Crippen molar-refractivity contribution in [1.82, 2.24) is 0 Å². The fourth-order valence-electron chi connectivity index (χ4n) is 1.87. The maximum absolute atomic E-state index is 5.65. The zero-order valence-corrected chi connectivity index (χ0v) is 8.47. The fraction of sp³-hybridized carbons (Fsp3) is 1.00. The third-order valence-electron chi connectivity index (χ3n) is 3.10. The molecule has 13 heavy (non-hydrogen) atoms. The van der Waals surface area contributed by atoms with E-state index in [4.69, 9.17) is 14.2 Å². The molecule has 3 aliphatic rings. The predicted molar refractivity (Wildman–Crippen MR) is 48.2 cm³/mol. The molecule has 3 heteroatoms. The second-order valence-corrected chi connectivity index (χ2v) is 4.15. The van der Waals surface area contributed by atoms with Crippen LogP contribution in [-0.2, 0) is 14.2 Å². The van der Waals surface area contributed by atoms with Crippen molar-refractivity contribution in [2.24, 2.45) is 5.41 Å². The van der Waals surface area contributed by atoms with Crippen LogP contribution in [0.3, 0.4) is 0 Å². The normalized spacial score (nSPS) is 43.8. The standard InChI is InChI=1S/C10H18O3/c1-3-5-10-11-6-9(4-2,7-12-10)8-13-10/h3-8H2,1-2H3. The molecule has 0 unspecified atom stereocenters. The van der Waals surface area contributed by atoms with Gasteiger partial charge in [-0.05, 0) is 12.8 Å². The highest BCUT2D eigenvalue weighted by atomic mass is 16.9. The average Bonchev–Trinajstić information content (AvgIpc) is 2.21.